The molecule has 20 heavy (non-hydrogen) atoms. The highest BCUT2D eigenvalue weighted by Crippen LogP contribution is 2.25. The van der Waals surface area contributed by atoms with Crippen molar-refractivity contribution in [2.24, 2.45) is 5.73 Å². The molecule has 0 spiro atoms. The second-order valence-electron chi connectivity index (χ2n) is 4.72. The van der Waals surface area contributed by atoms with Crippen LogP contribution in [0.4, 0.5) is 0 Å². The highest BCUT2D eigenvalue weighted by molar-refractivity contribution is 5.87. The summed E-state index contributed by atoms with van der Waals surface area (Å²) in [5.74, 6) is 0.583. The van der Waals surface area contributed by atoms with Crippen molar-refractivity contribution >= 4 is 16.7 Å². The maximum atomic E-state index is 10.8. The van der Waals surface area contributed by atoms with Gasteiger partial charge in [0.1, 0.15) is 12.4 Å². The average molecular weight is 269 g/mol. The van der Waals surface area contributed by atoms with Gasteiger partial charge in [-0.1, -0.05) is 36.9 Å². The van der Waals surface area contributed by atoms with Gasteiger partial charge in [0, 0.05) is 6.42 Å². The Balaban J connectivity index is 2.23. The van der Waals surface area contributed by atoms with E-state index in [4.69, 9.17) is 10.5 Å². The van der Waals surface area contributed by atoms with Crippen molar-refractivity contribution < 1.29 is 9.53 Å². The standard InChI is InChI=1S/C17H19NO2/c1-2-11-20-15-10-9-14-6-3-5-13(16(14)12-15)7-4-8-17(18)19/h2-3,5-6,9-10,12H,1,4,7-8,11H2,(H2,18,19). The molecular formula is C17H19NO2. The minimum atomic E-state index is -0.250. The number of hydrogen-bond acceptors (Lipinski definition) is 2. The number of carbonyl (C=O) groups is 1. The fourth-order valence-corrected chi connectivity index (χ4v) is 2.23. The van der Waals surface area contributed by atoms with Crippen LogP contribution in [0.1, 0.15) is 18.4 Å². The van der Waals surface area contributed by atoms with Crippen LogP contribution >= 0.6 is 0 Å². The van der Waals surface area contributed by atoms with E-state index in [9.17, 15) is 4.79 Å². The SMILES string of the molecule is C=CCOc1ccc2cccc(CCCC(N)=O)c2c1. The van der Waals surface area contributed by atoms with Gasteiger partial charge in [-0.25, -0.2) is 0 Å². The number of ether oxygens (including phenoxy) is 1. The van der Waals surface area contributed by atoms with Crippen molar-refractivity contribution in [3.05, 3.63) is 54.6 Å². The van der Waals surface area contributed by atoms with E-state index in [2.05, 4.69) is 18.7 Å². The van der Waals surface area contributed by atoms with Crippen LogP contribution in [-0.4, -0.2) is 12.5 Å². The number of benzene rings is 2. The lowest BCUT2D eigenvalue weighted by atomic mass is 10.00. The molecule has 0 aliphatic carbocycles. The van der Waals surface area contributed by atoms with Gasteiger partial charge in [-0.05, 0) is 41.3 Å². The predicted octanol–water partition coefficient (Wildman–Crippen LogP) is 3.21. The molecule has 3 heteroatoms. The van der Waals surface area contributed by atoms with Crippen molar-refractivity contribution in [3.63, 3.8) is 0 Å². The zero-order valence-corrected chi connectivity index (χ0v) is 11.5. The van der Waals surface area contributed by atoms with E-state index in [0.717, 1.165) is 18.6 Å². The maximum Gasteiger partial charge on any atom is 0.217 e. The Bertz CT molecular complexity index is 619. The molecule has 0 saturated heterocycles. The van der Waals surface area contributed by atoms with Crippen LogP contribution in [0.3, 0.4) is 0 Å². The molecule has 3 nitrogen and oxygen atoms in total. The van der Waals surface area contributed by atoms with Crippen LogP contribution in [0.5, 0.6) is 5.75 Å². The molecule has 2 rings (SSSR count). The second kappa shape index (κ2) is 6.75. The molecule has 1 amide bonds. The van der Waals surface area contributed by atoms with Crippen molar-refractivity contribution in [2.45, 2.75) is 19.3 Å². The van der Waals surface area contributed by atoms with Crippen LogP contribution in [0.2, 0.25) is 0 Å². The van der Waals surface area contributed by atoms with Gasteiger partial charge in [-0.15, -0.1) is 0 Å². The Morgan fingerprint density at radius 2 is 2.15 bits per heavy atom. The zero-order chi connectivity index (χ0) is 14.4. The first kappa shape index (κ1) is 14.1. The van der Waals surface area contributed by atoms with Crippen molar-refractivity contribution in [1.82, 2.24) is 0 Å². The van der Waals surface area contributed by atoms with E-state index in [0.29, 0.717) is 13.0 Å². The summed E-state index contributed by atoms with van der Waals surface area (Å²) in [6, 6.07) is 12.2. The summed E-state index contributed by atoms with van der Waals surface area (Å²) in [7, 11) is 0. The smallest absolute Gasteiger partial charge is 0.217 e. The molecule has 0 fully saturated rings. The summed E-state index contributed by atoms with van der Waals surface area (Å²) < 4.78 is 5.57. The van der Waals surface area contributed by atoms with Crippen LogP contribution in [0.25, 0.3) is 10.8 Å². The summed E-state index contributed by atoms with van der Waals surface area (Å²) in [5.41, 5.74) is 6.40. The number of hydrogen-bond donors (Lipinski definition) is 1. The predicted molar refractivity (Wildman–Crippen MR) is 81.8 cm³/mol. The van der Waals surface area contributed by atoms with Gasteiger partial charge in [-0.2, -0.15) is 0 Å². The van der Waals surface area contributed by atoms with Gasteiger partial charge in [-0.3, -0.25) is 4.79 Å². The molecular weight excluding hydrogens is 250 g/mol. The topological polar surface area (TPSA) is 52.3 Å². The van der Waals surface area contributed by atoms with Crippen LogP contribution in [0.15, 0.2) is 49.1 Å². The lowest BCUT2D eigenvalue weighted by Gasteiger charge is -2.09. The van der Waals surface area contributed by atoms with Crippen LogP contribution < -0.4 is 10.5 Å². The first-order valence-corrected chi connectivity index (χ1v) is 6.74. The lowest BCUT2D eigenvalue weighted by molar-refractivity contribution is -0.118. The van der Waals surface area contributed by atoms with Crippen molar-refractivity contribution in [2.75, 3.05) is 6.61 Å². The van der Waals surface area contributed by atoms with E-state index >= 15 is 0 Å². The molecule has 0 aliphatic heterocycles. The molecule has 2 N–H and O–H groups in total. The molecule has 0 bridgehead atoms. The Kier molecular flexibility index (Phi) is 4.77. The average Bonchev–Trinajstić information content (AvgIpc) is 2.45. The number of rotatable bonds is 7. The quantitative estimate of drug-likeness (QED) is 0.785. The Hall–Kier alpha value is -2.29. The first-order chi connectivity index (χ1) is 9.70. The highest BCUT2D eigenvalue weighted by atomic mass is 16.5. The number of aryl methyl sites for hydroxylation is 1. The highest BCUT2D eigenvalue weighted by Gasteiger charge is 2.04. The number of amides is 1. The first-order valence-electron chi connectivity index (χ1n) is 6.74. The Morgan fingerprint density at radius 3 is 2.90 bits per heavy atom. The summed E-state index contributed by atoms with van der Waals surface area (Å²) >= 11 is 0. The van der Waals surface area contributed by atoms with E-state index in [1.54, 1.807) is 6.08 Å². The fraction of sp³-hybridized carbons (Fsp3) is 0.235. The molecule has 0 unspecified atom stereocenters. The van der Waals surface area contributed by atoms with E-state index < -0.39 is 0 Å². The summed E-state index contributed by atoms with van der Waals surface area (Å²) in [4.78, 5) is 10.8. The van der Waals surface area contributed by atoms with E-state index in [-0.39, 0.29) is 5.91 Å². The third-order valence-electron chi connectivity index (χ3n) is 3.18. The van der Waals surface area contributed by atoms with Crippen molar-refractivity contribution in [3.8, 4) is 5.75 Å². The minimum absolute atomic E-state index is 0.250. The number of carbonyl (C=O) groups excluding carboxylic acids is 1. The van der Waals surface area contributed by atoms with E-state index in [1.807, 2.05) is 24.3 Å². The van der Waals surface area contributed by atoms with Gasteiger partial charge in [0.2, 0.25) is 5.91 Å². The van der Waals surface area contributed by atoms with Gasteiger partial charge < -0.3 is 10.5 Å². The molecule has 0 aromatic heterocycles. The van der Waals surface area contributed by atoms with Crippen LogP contribution in [-0.2, 0) is 11.2 Å². The monoisotopic (exact) mass is 269 g/mol. The minimum Gasteiger partial charge on any atom is -0.490 e. The summed E-state index contributed by atoms with van der Waals surface area (Å²) in [5, 5.41) is 2.34. The number of primary amides is 1. The molecule has 104 valence electrons. The Morgan fingerprint density at radius 1 is 1.30 bits per heavy atom. The lowest BCUT2D eigenvalue weighted by Crippen LogP contribution is -2.10. The third-order valence-corrected chi connectivity index (χ3v) is 3.18. The van der Waals surface area contributed by atoms with Gasteiger partial charge in [0.05, 0.1) is 0 Å². The molecule has 0 heterocycles. The molecule has 0 saturated carbocycles. The third kappa shape index (κ3) is 3.60. The fourth-order valence-electron chi connectivity index (χ4n) is 2.23. The number of fused-ring (bicyclic) bond motifs is 1. The largest absolute Gasteiger partial charge is 0.490 e. The molecule has 2 aromatic carbocycles. The van der Waals surface area contributed by atoms with Gasteiger partial charge >= 0.3 is 0 Å². The Labute approximate surface area is 119 Å². The summed E-state index contributed by atoms with van der Waals surface area (Å²) in [6.45, 7) is 4.14. The van der Waals surface area contributed by atoms with Crippen molar-refractivity contribution in [1.29, 1.82) is 0 Å². The maximum absolute atomic E-state index is 10.8. The summed E-state index contributed by atoms with van der Waals surface area (Å²) in [6.07, 6.45) is 3.75. The molecule has 2 aromatic rings. The molecule has 0 aliphatic rings. The number of nitrogens with two attached hydrogens (primary N) is 1. The van der Waals surface area contributed by atoms with E-state index in [1.165, 1.54) is 16.3 Å². The van der Waals surface area contributed by atoms with Gasteiger partial charge in [0.25, 0.3) is 0 Å². The molecule has 0 radical (unpaired) electrons. The second-order valence-corrected chi connectivity index (χ2v) is 4.72. The van der Waals surface area contributed by atoms with Crippen LogP contribution in [0, 0.1) is 0 Å². The van der Waals surface area contributed by atoms with Gasteiger partial charge in [0.15, 0.2) is 0 Å². The zero-order valence-electron chi connectivity index (χ0n) is 11.5. The normalized spacial score (nSPS) is 10.4. The molecule has 0 atom stereocenters.